The van der Waals surface area contributed by atoms with Crippen molar-refractivity contribution in [3.8, 4) is 0 Å². The second-order valence-corrected chi connectivity index (χ2v) is 4.17. The van der Waals surface area contributed by atoms with Crippen LogP contribution in [0.4, 0.5) is 0 Å². The molecule has 0 radical (unpaired) electrons. The van der Waals surface area contributed by atoms with Gasteiger partial charge in [0.25, 0.3) is 11.8 Å². The molecule has 0 aliphatic carbocycles. The number of H-pyrrole nitrogens is 1. The summed E-state index contributed by atoms with van der Waals surface area (Å²) in [6.45, 7) is 0.240. The number of aromatic nitrogens is 2. The molecule has 6 nitrogen and oxygen atoms in total. The SMILES string of the molecule is NC(=O)c1[nH]cnc1C(=O)NCc1ccccc1Cl. The Labute approximate surface area is 114 Å². The molecule has 1 aromatic heterocycles. The Hall–Kier alpha value is -2.34. The number of halogens is 1. The summed E-state index contributed by atoms with van der Waals surface area (Å²) in [5, 5.41) is 3.18. The van der Waals surface area contributed by atoms with E-state index in [0.29, 0.717) is 5.02 Å². The van der Waals surface area contributed by atoms with Crippen molar-refractivity contribution < 1.29 is 9.59 Å². The van der Waals surface area contributed by atoms with Crippen LogP contribution in [0.2, 0.25) is 5.02 Å². The first kappa shape index (κ1) is 13.1. The maximum atomic E-state index is 11.9. The van der Waals surface area contributed by atoms with Gasteiger partial charge in [-0.1, -0.05) is 29.8 Å². The molecule has 0 aliphatic rings. The number of carbonyl (C=O) groups is 2. The number of imidazole rings is 1. The highest BCUT2D eigenvalue weighted by molar-refractivity contribution is 6.31. The molecular formula is C12H11ClN4O2. The number of aromatic amines is 1. The molecule has 7 heteroatoms. The molecule has 0 saturated heterocycles. The van der Waals surface area contributed by atoms with Crippen LogP contribution in [0.3, 0.4) is 0 Å². The summed E-state index contributed by atoms with van der Waals surface area (Å²) in [6, 6.07) is 7.14. The number of amides is 2. The van der Waals surface area contributed by atoms with Gasteiger partial charge in [-0.2, -0.15) is 0 Å². The van der Waals surface area contributed by atoms with E-state index in [1.165, 1.54) is 6.33 Å². The van der Waals surface area contributed by atoms with Crippen LogP contribution in [0.15, 0.2) is 30.6 Å². The van der Waals surface area contributed by atoms with Crippen molar-refractivity contribution in [2.45, 2.75) is 6.54 Å². The Bertz CT molecular complexity index is 624. The van der Waals surface area contributed by atoms with E-state index < -0.39 is 11.8 Å². The minimum atomic E-state index is -0.736. The lowest BCUT2D eigenvalue weighted by Gasteiger charge is -2.06. The minimum Gasteiger partial charge on any atom is -0.364 e. The molecule has 1 aromatic carbocycles. The number of nitrogens with one attached hydrogen (secondary N) is 2. The lowest BCUT2D eigenvalue weighted by atomic mass is 10.2. The van der Waals surface area contributed by atoms with Crippen LogP contribution in [0.5, 0.6) is 0 Å². The summed E-state index contributed by atoms with van der Waals surface area (Å²) in [4.78, 5) is 29.2. The van der Waals surface area contributed by atoms with E-state index in [9.17, 15) is 9.59 Å². The molecule has 0 atom stereocenters. The molecular weight excluding hydrogens is 268 g/mol. The second-order valence-electron chi connectivity index (χ2n) is 3.76. The lowest BCUT2D eigenvalue weighted by molar-refractivity contribution is 0.0929. The van der Waals surface area contributed by atoms with Crippen LogP contribution in [0.1, 0.15) is 26.5 Å². The number of hydrogen-bond acceptors (Lipinski definition) is 3. The summed E-state index contributed by atoms with van der Waals surface area (Å²) in [6.07, 6.45) is 1.24. The number of primary amides is 1. The summed E-state index contributed by atoms with van der Waals surface area (Å²) in [5.74, 6) is -1.23. The lowest BCUT2D eigenvalue weighted by Crippen LogP contribution is -2.26. The molecule has 4 N–H and O–H groups in total. The third kappa shape index (κ3) is 2.92. The zero-order chi connectivity index (χ0) is 13.8. The highest BCUT2D eigenvalue weighted by Gasteiger charge is 2.18. The highest BCUT2D eigenvalue weighted by Crippen LogP contribution is 2.14. The highest BCUT2D eigenvalue weighted by atomic mass is 35.5. The molecule has 0 bridgehead atoms. The average molecular weight is 279 g/mol. The standard InChI is InChI=1S/C12H11ClN4O2/c13-8-4-2-1-3-7(8)5-15-12(19)10-9(11(14)18)16-6-17-10/h1-4,6H,5H2,(H2,14,18)(H,15,19)(H,16,17). The van der Waals surface area contributed by atoms with Gasteiger partial charge in [-0.05, 0) is 11.6 Å². The fraction of sp³-hybridized carbons (Fsp3) is 0.0833. The van der Waals surface area contributed by atoms with Crippen molar-refractivity contribution in [1.29, 1.82) is 0 Å². The van der Waals surface area contributed by atoms with E-state index >= 15 is 0 Å². The fourth-order valence-electron chi connectivity index (χ4n) is 1.56. The zero-order valence-electron chi connectivity index (χ0n) is 9.81. The molecule has 2 aromatic rings. The molecule has 0 aliphatic heterocycles. The predicted octanol–water partition coefficient (Wildman–Crippen LogP) is 1.09. The molecule has 0 spiro atoms. The molecule has 1 heterocycles. The number of carbonyl (C=O) groups excluding carboxylic acids is 2. The molecule has 98 valence electrons. The Kier molecular flexibility index (Phi) is 3.82. The van der Waals surface area contributed by atoms with Crippen LogP contribution in [-0.4, -0.2) is 21.8 Å². The molecule has 0 saturated carbocycles. The number of hydrogen-bond donors (Lipinski definition) is 3. The molecule has 2 amide bonds. The van der Waals surface area contributed by atoms with E-state index in [0.717, 1.165) is 5.56 Å². The maximum absolute atomic E-state index is 11.9. The van der Waals surface area contributed by atoms with Crippen LogP contribution < -0.4 is 11.1 Å². The molecule has 0 unspecified atom stereocenters. The minimum absolute atomic E-state index is 0.0170. The molecule has 2 rings (SSSR count). The Morgan fingerprint density at radius 2 is 2.11 bits per heavy atom. The summed E-state index contributed by atoms with van der Waals surface area (Å²) < 4.78 is 0. The number of rotatable bonds is 4. The van der Waals surface area contributed by atoms with Gasteiger partial charge in [0.15, 0.2) is 5.69 Å². The summed E-state index contributed by atoms with van der Waals surface area (Å²) >= 11 is 5.97. The normalized spacial score (nSPS) is 10.2. The van der Waals surface area contributed by atoms with Gasteiger partial charge in [0.2, 0.25) is 0 Å². The van der Waals surface area contributed by atoms with Crippen LogP contribution in [0, 0.1) is 0 Å². The number of nitrogens with two attached hydrogens (primary N) is 1. The third-order valence-electron chi connectivity index (χ3n) is 2.50. The third-order valence-corrected chi connectivity index (χ3v) is 2.87. The summed E-state index contributed by atoms with van der Waals surface area (Å²) in [5.41, 5.74) is 5.84. The van der Waals surface area contributed by atoms with Crippen molar-refractivity contribution >= 4 is 23.4 Å². The number of nitrogens with zero attached hydrogens (tertiary/aromatic N) is 1. The van der Waals surface area contributed by atoms with Gasteiger partial charge in [-0.15, -0.1) is 0 Å². The van der Waals surface area contributed by atoms with Gasteiger partial charge in [-0.3, -0.25) is 9.59 Å². The van der Waals surface area contributed by atoms with E-state index in [4.69, 9.17) is 17.3 Å². The van der Waals surface area contributed by atoms with Crippen LogP contribution in [0.25, 0.3) is 0 Å². The topological polar surface area (TPSA) is 101 Å². The fourth-order valence-corrected chi connectivity index (χ4v) is 1.76. The monoisotopic (exact) mass is 278 g/mol. The van der Waals surface area contributed by atoms with Crippen molar-refractivity contribution in [3.63, 3.8) is 0 Å². The molecule has 19 heavy (non-hydrogen) atoms. The van der Waals surface area contributed by atoms with Crippen molar-refractivity contribution in [2.24, 2.45) is 5.73 Å². The van der Waals surface area contributed by atoms with E-state index in [2.05, 4.69) is 15.3 Å². The largest absolute Gasteiger partial charge is 0.364 e. The van der Waals surface area contributed by atoms with Crippen molar-refractivity contribution in [2.75, 3.05) is 0 Å². The van der Waals surface area contributed by atoms with E-state index in [1.54, 1.807) is 18.2 Å². The Balaban J connectivity index is 2.08. The molecule has 0 fully saturated rings. The maximum Gasteiger partial charge on any atom is 0.272 e. The smallest absolute Gasteiger partial charge is 0.272 e. The van der Waals surface area contributed by atoms with Gasteiger partial charge >= 0.3 is 0 Å². The van der Waals surface area contributed by atoms with Gasteiger partial charge in [-0.25, -0.2) is 4.98 Å². The van der Waals surface area contributed by atoms with Crippen LogP contribution in [-0.2, 0) is 6.54 Å². The van der Waals surface area contributed by atoms with Gasteiger partial charge in [0, 0.05) is 11.6 Å². The van der Waals surface area contributed by atoms with Gasteiger partial charge < -0.3 is 16.0 Å². The Morgan fingerprint density at radius 1 is 1.37 bits per heavy atom. The van der Waals surface area contributed by atoms with E-state index in [-0.39, 0.29) is 17.9 Å². The second kappa shape index (κ2) is 5.53. The first-order chi connectivity index (χ1) is 9.09. The van der Waals surface area contributed by atoms with Crippen molar-refractivity contribution in [1.82, 2.24) is 15.3 Å². The van der Waals surface area contributed by atoms with E-state index in [1.807, 2.05) is 6.07 Å². The predicted molar refractivity (Wildman–Crippen MR) is 69.7 cm³/mol. The van der Waals surface area contributed by atoms with Gasteiger partial charge in [0.05, 0.1) is 6.33 Å². The zero-order valence-corrected chi connectivity index (χ0v) is 10.6. The first-order valence-electron chi connectivity index (χ1n) is 5.44. The van der Waals surface area contributed by atoms with Crippen molar-refractivity contribution in [3.05, 3.63) is 52.6 Å². The Morgan fingerprint density at radius 3 is 2.79 bits per heavy atom. The summed E-state index contributed by atoms with van der Waals surface area (Å²) in [7, 11) is 0. The average Bonchev–Trinajstić information content (AvgIpc) is 2.87. The van der Waals surface area contributed by atoms with Gasteiger partial charge in [0.1, 0.15) is 5.69 Å². The van der Waals surface area contributed by atoms with Crippen LogP contribution >= 0.6 is 11.6 Å². The quantitative estimate of drug-likeness (QED) is 0.780. The number of benzene rings is 1. The first-order valence-corrected chi connectivity index (χ1v) is 5.82.